The fourth-order valence-corrected chi connectivity index (χ4v) is 2.24. The number of aryl methyl sites for hydroxylation is 1. The van der Waals surface area contributed by atoms with Crippen LogP contribution < -0.4 is 10.6 Å². The summed E-state index contributed by atoms with van der Waals surface area (Å²) in [5, 5.41) is 17.4. The predicted molar refractivity (Wildman–Crippen MR) is 91.2 cm³/mol. The van der Waals surface area contributed by atoms with Crippen molar-refractivity contribution in [2.75, 3.05) is 5.32 Å². The second kappa shape index (κ2) is 7.10. The zero-order chi connectivity index (χ0) is 16.9. The Morgan fingerprint density at radius 2 is 2.00 bits per heavy atom. The van der Waals surface area contributed by atoms with Crippen LogP contribution in [0.2, 0.25) is 5.02 Å². The van der Waals surface area contributed by atoms with E-state index in [9.17, 15) is 4.79 Å². The van der Waals surface area contributed by atoms with Crippen LogP contribution >= 0.6 is 11.6 Å². The third kappa shape index (κ3) is 3.88. The van der Waals surface area contributed by atoms with Gasteiger partial charge in [0, 0.05) is 17.3 Å². The minimum Gasteiger partial charge on any atom is -0.334 e. The molecule has 122 valence electrons. The molecule has 8 heteroatoms. The number of amides is 2. The van der Waals surface area contributed by atoms with Crippen LogP contribution in [0.25, 0.3) is 5.69 Å². The Bertz CT molecular complexity index is 832. The van der Waals surface area contributed by atoms with E-state index in [0.29, 0.717) is 17.3 Å². The van der Waals surface area contributed by atoms with Crippen LogP contribution in [0.15, 0.2) is 48.8 Å². The quantitative estimate of drug-likeness (QED) is 0.763. The summed E-state index contributed by atoms with van der Waals surface area (Å²) >= 11 is 5.84. The number of carbonyl (C=O) groups is 1. The molecule has 0 saturated carbocycles. The van der Waals surface area contributed by atoms with Crippen molar-refractivity contribution < 1.29 is 4.79 Å². The average Bonchev–Trinajstić information content (AvgIpc) is 3.11. The molecule has 0 spiro atoms. The van der Waals surface area contributed by atoms with Gasteiger partial charge in [0.15, 0.2) is 0 Å². The zero-order valence-electron chi connectivity index (χ0n) is 12.9. The second-order valence-corrected chi connectivity index (χ2v) is 5.62. The molecule has 3 aromatic rings. The predicted octanol–water partition coefficient (Wildman–Crippen LogP) is 2.95. The second-order valence-electron chi connectivity index (χ2n) is 5.19. The Labute approximate surface area is 143 Å². The van der Waals surface area contributed by atoms with E-state index in [1.165, 1.54) is 11.0 Å². The molecule has 0 atom stereocenters. The molecule has 1 aromatic heterocycles. The van der Waals surface area contributed by atoms with Crippen LogP contribution in [-0.2, 0) is 6.54 Å². The highest BCUT2D eigenvalue weighted by Gasteiger charge is 2.07. The Kier molecular flexibility index (Phi) is 4.72. The number of nitrogens with zero attached hydrogens (tertiary/aromatic N) is 4. The molecular formula is C16H15ClN6O. The molecule has 0 bridgehead atoms. The summed E-state index contributed by atoms with van der Waals surface area (Å²) in [6.45, 7) is 2.33. The fourth-order valence-electron chi connectivity index (χ4n) is 2.12. The molecule has 3 rings (SSSR count). The van der Waals surface area contributed by atoms with E-state index in [1.807, 2.05) is 37.3 Å². The zero-order valence-corrected chi connectivity index (χ0v) is 13.7. The molecular weight excluding hydrogens is 328 g/mol. The highest BCUT2D eigenvalue weighted by molar-refractivity contribution is 6.30. The number of aromatic nitrogens is 4. The third-order valence-electron chi connectivity index (χ3n) is 3.45. The van der Waals surface area contributed by atoms with Gasteiger partial charge < -0.3 is 10.6 Å². The molecule has 0 saturated heterocycles. The van der Waals surface area contributed by atoms with Crippen LogP contribution in [0.3, 0.4) is 0 Å². The monoisotopic (exact) mass is 342 g/mol. The van der Waals surface area contributed by atoms with Crippen molar-refractivity contribution in [1.82, 2.24) is 25.5 Å². The first-order chi connectivity index (χ1) is 11.6. The topological polar surface area (TPSA) is 84.7 Å². The average molecular weight is 343 g/mol. The first kappa shape index (κ1) is 15.9. The van der Waals surface area contributed by atoms with Crippen molar-refractivity contribution in [2.24, 2.45) is 0 Å². The number of halogens is 1. The molecule has 7 nitrogen and oxygen atoms in total. The maximum Gasteiger partial charge on any atom is 0.319 e. The smallest absolute Gasteiger partial charge is 0.319 e. The maximum absolute atomic E-state index is 12.1. The number of benzene rings is 2. The van der Waals surface area contributed by atoms with Gasteiger partial charge in [-0.1, -0.05) is 29.8 Å². The lowest BCUT2D eigenvalue weighted by Gasteiger charge is -2.11. The summed E-state index contributed by atoms with van der Waals surface area (Å²) < 4.78 is 1.52. The van der Waals surface area contributed by atoms with Gasteiger partial charge in [0.25, 0.3) is 0 Å². The van der Waals surface area contributed by atoms with E-state index >= 15 is 0 Å². The minimum atomic E-state index is -0.290. The first-order valence-electron chi connectivity index (χ1n) is 7.25. The van der Waals surface area contributed by atoms with E-state index in [1.54, 1.807) is 12.1 Å². The van der Waals surface area contributed by atoms with Gasteiger partial charge in [0.2, 0.25) is 0 Å². The molecule has 24 heavy (non-hydrogen) atoms. The number of carbonyl (C=O) groups excluding carboxylic acids is 1. The number of anilines is 1. The maximum atomic E-state index is 12.1. The summed E-state index contributed by atoms with van der Waals surface area (Å²) in [4.78, 5) is 12.1. The van der Waals surface area contributed by atoms with Gasteiger partial charge in [0.05, 0.1) is 5.69 Å². The minimum absolute atomic E-state index is 0.290. The van der Waals surface area contributed by atoms with Crippen LogP contribution in [0, 0.1) is 6.92 Å². The molecule has 1 heterocycles. The summed E-state index contributed by atoms with van der Waals surface area (Å²) in [6, 6.07) is 12.6. The van der Waals surface area contributed by atoms with Crippen molar-refractivity contribution >= 4 is 23.3 Å². The fraction of sp³-hybridized carbons (Fsp3) is 0.125. The van der Waals surface area contributed by atoms with Gasteiger partial charge in [-0.25, -0.2) is 9.48 Å². The Morgan fingerprint density at radius 1 is 1.21 bits per heavy atom. The van der Waals surface area contributed by atoms with Crippen LogP contribution in [0.4, 0.5) is 10.5 Å². The summed E-state index contributed by atoms with van der Waals surface area (Å²) in [7, 11) is 0. The Balaban J connectivity index is 1.65. The van der Waals surface area contributed by atoms with Gasteiger partial charge in [-0.05, 0) is 52.7 Å². The van der Waals surface area contributed by atoms with Crippen LogP contribution in [0.1, 0.15) is 11.1 Å². The molecule has 0 fully saturated rings. The normalized spacial score (nSPS) is 10.4. The van der Waals surface area contributed by atoms with Crippen molar-refractivity contribution in [2.45, 2.75) is 13.5 Å². The van der Waals surface area contributed by atoms with E-state index < -0.39 is 0 Å². The van der Waals surface area contributed by atoms with Crippen LogP contribution in [0.5, 0.6) is 0 Å². The van der Waals surface area contributed by atoms with Crippen molar-refractivity contribution in [1.29, 1.82) is 0 Å². The number of hydrogen-bond donors (Lipinski definition) is 2. The number of urea groups is 1. The molecule has 0 radical (unpaired) electrons. The summed E-state index contributed by atoms with van der Waals surface area (Å²) in [5.41, 5.74) is 3.36. The number of tetrazole rings is 1. The summed E-state index contributed by atoms with van der Waals surface area (Å²) in [6.07, 6.45) is 1.50. The largest absolute Gasteiger partial charge is 0.334 e. The molecule has 0 unspecified atom stereocenters. The van der Waals surface area contributed by atoms with E-state index in [0.717, 1.165) is 16.8 Å². The van der Waals surface area contributed by atoms with Gasteiger partial charge >= 0.3 is 6.03 Å². The van der Waals surface area contributed by atoms with E-state index in [2.05, 4.69) is 26.2 Å². The summed E-state index contributed by atoms with van der Waals surface area (Å²) in [5.74, 6) is 0. The van der Waals surface area contributed by atoms with Gasteiger partial charge in [-0.3, -0.25) is 0 Å². The van der Waals surface area contributed by atoms with Crippen molar-refractivity contribution in [3.63, 3.8) is 0 Å². The lowest BCUT2D eigenvalue weighted by atomic mass is 10.2. The number of rotatable bonds is 4. The van der Waals surface area contributed by atoms with Gasteiger partial charge in [-0.15, -0.1) is 5.10 Å². The third-order valence-corrected chi connectivity index (χ3v) is 3.70. The Hall–Kier alpha value is -2.93. The number of hydrogen-bond acceptors (Lipinski definition) is 4. The van der Waals surface area contributed by atoms with E-state index in [-0.39, 0.29) is 6.03 Å². The first-order valence-corrected chi connectivity index (χ1v) is 7.63. The highest BCUT2D eigenvalue weighted by atomic mass is 35.5. The molecule has 2 aromatic carbocycles. The Morgan fingerprint density at radius 3 is 2.71 bits per heavy atom. The van der Waals surface area contributed by atoms with Crippen molar-refractivity contribution in [3.8, 4) is 5.69 Å². The lowest BCUT2D eigenvalue weighted by Crippen LogP contribution is -2.28. The molecule has 2 amide bonds. The molecule has 0 aliphatic rings. The standard InChI is InChI=1S/C16H15ClN6O/c1-11-2-7-14(23-10-19-21-22-23)8-15(11)20-16(24)18-9-12-3-5-13(17)6-4-12/h2-8,10H,9H2,1H3,(H2,18,20,24). The lowest BCUT2D eigenvalue weighted by molar-refractivity contribution is 0.251. The van der Waals surface area contributed by atoms with E-state index in [4.69, 9.17) is 11.6 Å². The van der Waals surface area contributed by atoms with Crippen molar-refractivity contribution in [3.05, 3.63) is 64.9 Å². The number of nitrogens with one attached hydrogen (secondary N) is 2. The van der Waals surface area contributed by atoms with Gasteiger partial charge in [-0.2, -0.15) is 0 Å². The van der Waals surface area contributed by atoms with Crippen LogP contribution in [-0.4, -0.2) is 26.2 Å². The van der Waals surface area contributed by atoms with Gasteiger partial charge in [0.1, 0.15) is 6.33 Å². The SMILES string of the molecule is Cc1ccc(-n2cnnn2)cc1NC(=O)NCc1ccc(Cl)cc1. The molecule has 0 aliphatic heterocycles. The highest BCUT2D eigenvalue weighted by Crippen LogP contribution is 2.18. The molecule has 2 N–H and O–H groups in total. The molecule has 0 aliphatic carbocycles.